The number of aliphatic hydroxyl groups is 2. The molecule has 0 bridgehead atoms. The van der Waals surface area contributed by atoms with Crippen molar-refractivity contribution in [3.05, 3.63) is 203 Å². The molecule has 0 spiro atoms. The molecule has 0 radical (unpaired) electrons. The Morgan fingerprint density at radius 1 is 0.412 bits per heavy atom. The highest BCUT2D eigenvalue weighted by Crippen LogP contribution is 2.46. The largest absolute Gasteiger partial charge is 0.396 e. The molecule has 10 aromatic heterocycles. The number of ether oxygens (including phenoxy) is 3. The van der Waals surface area contributed by atoms with E-state index >= 15 is 0 Å². The number of alkyl halides is 9. The highest BCUT2D eigenvalue weighted by molar-refractivity contribution is 6.37. The molecule has 15 nitrogen and oxygen atoms in total. The molecular formula is C102H123Cl5F9N5O10. The van der Waals surface area contributed by atoms with E-state index in [4.69, 9.17) is 72.2 Å². The summed E-state index contributed by atoms with van der Waals surface area (Å²) in [6.45, 7) is 3.92. The van der Waals surface area contributed by atoms with Gasteiger partial charge in [-0.3, -0.25) is 28.4 Å². The summed E-state index contributed by atoms with van der Waals surface area (Å²) < 4.78 is 145. The molecule has 6 aliphatic rings. The minimum absolute atomic E-state index is 0.0141. The molecule has 2 atom stereocenters. The van der Waals surface area contributed by atoms with Crippen molar-refractivity contribution in [2.75, 3.05) is 53.9 Å². The number of Topliss-reactive ketones (excluding diaryl/α,β-unsaturated/α-hetero) is 5. The highest BCUT2D eigenvalue weighted by atomic mass is 35.5. The number of hydrogen-bond donors (Lipinski definition) is 2. The highest BCUT2D eigenvalue weighted by Gasteiger charge is 2.42. The van der Waals surface area contributed by atoms with Crippen LogP contribution in [-0.4, -0.2) is 144 Å². The fourth-order valence-electron chi connectivity index (χ4n) is 20.3. The van der Waals surface area contributed by atoms with Gasteiger partial charge in [-0.2, -0.15) is 0 Å². The summed E-state index contributed by atoms with van der Waals surface area (Å²) in [5.41, 5.74) is 10.4. The second kappa shape index (κ2) is 47.0. The molecule has 2 N–H and O–H groups in total. The summed E-state index contributed by atoms with van der Waals surface area (Å²) in [7, 11) is 3.31. The van der Waals surface area contributed by atoms with E-state index in [1.165, 1.54) is 12.8 Å². The number of nitrogens with zero attached hydrogens (tertiary/aromatic N) is 5. The van der Waals surface area contributed by atoms with Crippen LogP contribution in [0.25, 0.3) is 27.6 Å². The zero-order valence-corrected chi connectivity index (χ0v) is 78.9. The van der Waals surface area contributed by atoms with E-state index in [1.54, 1.807) is 67.3 Å². The maximum Gasteiger partial charge on any atom is 0.248 e. The van der Waals surface area contributed by atoms with Gasteiger partial charge in [-0.1, -0.05) is 90.6 Å². The van der Waals surface area contributed by atoms with Crippen molar-refractivity contribution in [3.8, 4) is 0 Å². The number of aryl methyl sites for hydroxylation is 1. The molecule has 10 aromatic rings. The normalized spacial score (nSPS) is 19.4. The molecular weight excluding hydrogens is 1800 g/mol. The monoisotopic (exact) mass is 1920 g/mol. The molecule has 714 valence electrons. The third kappa shape index (κ3) is 27.4. The van der Waals surface area contributed by atoms with Crippen LogP contribution >= 0.6 is 58.0 Å². The first kappa shape index (κ1) is 103. The minimum atomic E-state index is -2.62. The topological polar surface area (TPSA) is 176 Å². The van der Waals surface area contributed by atoms with Crippen molar-refractivity contribution in [1.29, 1.82) is 0 Å². The Bertz CT molecular complexity index is 5500. The van der Waals surface area contributed by atoms with E-state index in [0.29, 0.717) is 198 Å². The van der Waals surface area contributed by atoms with Crippen molar-refractivity contribution < 1.29 is 87.9 Å². The van der Waals surface area contributed by atoms with Gasteiger partial charge in [-0.05, 0) is 223 Å². The first-order valence-electron chi connectivity index (χ1n) is 46.7. The second-order valence-corrected chi connectivity index (χ2v) is 39.2. The summed E-state index contributed by atoms with van der Waals surface area (Å²) in [6.07, 6.45) is 27.0. The van der Waals surface area contributed by atoms with Gasteiger partial charge < -0.3 is 46.4 Å². The molecule has 5 saturated carbocycles. The maximum absolute atomic E-state index is 13.8. The lowest BCUT2D eigenvalue weighted by Crippen LogP contribution is -2.30. The van der Waals surface area contributed by atoms with Crippen LogP contribution in [0.4, 0.5) is 39.5 Å². The Morgan fingerprint density at radius 3 is 1.08 bits per heavy atom. The number of carbonyl (C=O) groups excluding carboxylic acids is 5. The van der Waals surface area contributed by atoms with Crippen molar-refractivity contribution in [1.82, 2.24) is 22.0 Å². The van der Waals surface area contributed by atoms with Crippen molar-refractivity contribution in [3.63, 3.8) is 0 Å². The summed E-state index contributed by atoms with van der Waals surface area (Å²) in [5.74, 6) is -9.44. The third-order valence-corrected chi connectivity index (χ3v) is 29.0. The maximum atomic E-state index is 13.8. The molecule has 6 fully saturated rings. The van der Waals surface area contributed by atoms with E-state index < -0.39 is 36.0 Å². The minimum Gasteiger partial charge on any atom is -0.396 e. The van der Waals surface area contributed by atoms with Gasteiger partial charge in [-0.25, -0.2) is 35.1 Å². The van der Waals surface area contributed by atoms with Crippen molar-refractivity contribution in [2.24, 2.45) is 29.6 Å². The van der Waals surface area contributed by atoms with E-state index in [2.05, 4.69) is 0 Å². The number of rotatable bonds is 31. The van der Waals surface area contributed by atoms with Gasteiger partial charge in [0, 0.05) is 236 Å². The quantitative estimate of drug-likeness (QED) is 0.0242. The Kier molecular flexibility index (Phi) is 36.9. The lowest BCUT2D eigenvalue weighted by Gasteiger charge is -2.33. The van der Waals surface area contributed by atoms with E-state index in [1.807, 2.05) is 97.8 Å². The Labute approximate surface area is 786 Å². The number of methoxy groups -OCH3 is 2. The molecule has 2 unspecified atom stereocenters. The Hall–Kier alpha value is -7.23. The van der Waals surface area contributed by atoms with Crippen LogP contribution in [-0.2, 0) is 39.9 Å². The Morgan fingerprint density at radius 2 is 0.733 bits per heavy atom. The van der Waals surface area contributed by atoms with Gasteiger partial charge in [0.15, 0.2) is 28.9 Å². The van der Waals surface area contributed by atoms with Crippen molar-refractivity contribution >= 4 is 115 Å². The number of fused-ring (bicyclic) bond motifs is 5. The number of carbonyl (C=O) groups is 5. The molecule has 0 amide bonds. The van der Waals surface area contributed by atoms with Gasteiger partial charge >= 0.3 is 0 Å². The number of ketones is 5. The first-order valence-corrected chi connectivity index (χ1v) is 48.6. The molecule has 11 heterocycles. The fraction of sp³-hybridized carbons (Fsp3) is 0.559. The molecule has 1 saturated heterocycles. The van der Waals surface area contributed by atoms with E-state index in [9.17, 15) is 73.7 Å². The number of halogens is 14. The van der Waals surface area contributed by atoms with Gasteiger partial charge in [0.05, 0.1) is 78.2 Å². The predicted octanol–water partition coefficient (Wildman–Crippen LogP) is 27.7. The summed E-state index contributed by atoms with van der Waals surface area (Å²) >= 11 is 31.7. The summed E-state index contributed by atoms with van der Waals surface area (Å²) in [5, 5.41) is 22.7. The lowest BCUT2D eigenvalue weighted by atomic mass is 9.77. The van der Waals surface area contributed by atoms with Crippen LogP contribution in [0.1, 0.15) is 305 Å². The Balaban J connectivity index is 0.000000148. The van der Waals surface area contributed by atoms with Crippen molar-refractivity contribution in [2.45, 2.75) is 280 Å². The number of aliphatic hydroxyl groups excluding tert-OH is 1. The molecule has 29 heteroatoms. The molecule has 0 aromatic carbocycles. The fourth-order valence-corrected chi connectivity index (χ4v) is 21.6. The number of hydrogen-bond acceptors (Lipinski definition) is 10. The molecule has 5 aliphatic carbocycles. The van der Waals surface area contributed by atoms with Gasteiger partial charge in [0.1, 0.15) is 0 Å². The second-order valence-electron chi connectivity index (χ2n) is 37.1. The average Bonchev–Trinajstić information content (AvgIpc) is 1.64. The van der Waals surface area contributed by atoms with Crippen LogP contribution < -0.4 is 0 Å². The number of aromatic nitrogens is 5. The van der Waals surface area contributed by atoms with Gasteiger partial charge in [0.2, 0.25) is 23.7 Å². The van der Waals surface area contributed by atoms with Gasteiger partial charge in [0.25, 0.3) is 0 Å². The summed E-state index contributed by atoms with van der Waals surface area (Å²) in [6, 6.07) is 27.3. The van der Waals surface area contributed by atoms with Crippen LogP contribution in [0.15, 0.2) is 122 Å². The zero-order valence-electron chi connectivity index (χ0n) is 75.1. The third-order valence-electron chi connectivity index (χ3n) is 27.5. The molecule has 16 rings (SSSR count). The predicted molar refractivity (Wildman–Crippen MR) is 499 cm³/mol. The van der Waals surface area contributed by atoms with Crippen LogP contribution in [0.3, 0.4) is 0 Å². The smallest absolute Gasteiger partial charge is 0.248 e. The standard InChI is InChI=1S/C22H26ClF2NO2.C21H28ClNO3.2C20H24ClF2NO2.C19H21ClF3NO/c23-18-2-1-11-26-19(16-7-12-28-13-8-16)14-17(21(18)26)20(27)4-3-15-5-9-22(24,25)10-6-15;1-26-14-9-16-15-17(20-18(22)7-6-13-23(16)20)19(24)8-12-21(25)10-4-2-3-5-11-21;1-26-12-8-15-13-16(19-17(21)3-2-11-24(15)19)18(25)5-4-14-6-9-20(22,23)10-7-14;1-13-9-14(12-20(22,23)11-13)4-5-18(26)16-10-15(6-8-25)24-7-2-3-17(21)19(16)24;20-16-2-1-11-24-14(7-10-21)12-15(18(16)24)17(25)4-3-13-5-8-19(22,23)9-6-13/h1-2,11,14-16H,3-10,12-13H2;6-7,13,15,25H,2-5,8-12,14H2,1H3;2-3,11,13-14H,4-10,12H2,1H3;2-3,7,10,13-14,25H,4-6,8-9,11-12H2,1H3;1-2,11-13H,3-10H2. The van der Waals surface area contributed by atoms with Crippen LogP contribution in [0.5, 0.6) is 0 Å². The van der Waals surface area contributed by atoms with Crippen LogP contribution in [0, 0.1) is 29.6 Å². The SMILES string of the molecule is CC1CC(CCC(=O)c2cc(CCO)n3cccc(Cl)c23)CC(F)(F)C1.COCCc1cc(C(=O)CCC2(O)CCCCCC2)c2c(Cl)cccn12.COCCc1cc(C(=O)CCC2CCC(F)(F)CC2)c2c(Cl)cccn12.O=C(CCC1CCC(F)(F)CC1)c1cc(C2CCOCC2)n2cccc(Cl)c12.O=C(CCC1CCC(F)(F)CC1)c1cc(CCF)n2cccc(Cl)c12. The molecule has 131 heavy (non-hydrogen) atoms. The lowest BCUT2D eigenvalue weighted by molar-refractivity contribution is -0.0704. The average molecular weight is 1930 g/mol. The van der Waals surface area contributed by atoms with E-state index in [-0.39, 0.29) is 129 Å². The van der Waals surface area contributed by atoms with E-state index in [0.717, 1.165) is 104 Å². The zero-order chi connectivity index (χ0) is 94.0. The van der Waals surface area contributed by atoms with Crippen LogP contribution in [0.2, 0.25) is 25.1 Å². The van der Waals surface area contributed by atoms with Gasteiger partial charge in [-0.15, -0.1) is 0 Å². The molecule has 1 aliphatic heterocycles. The number of pyridine rings is 5. The summed E-state index contributed by atoms with van der Waals surface area (Å²) in [4.78, 5) is 64.3. The first-order chi connectivity index (χ1) is 62.6.